The minimum Gasteiger partial charge on any atom is -0.477 e. The van der Waals surface area contributed by atoms with E-state index in [-0.39, 0.29) is 17.0 Å². The average molecular weight is 271 g/mol. The Hall–Kier alpha value is -1.05. The summed E-state index contributed by atoms with van der Waals surface area (Å²) in [5.74, 6) is -1.07. The highest BCUT2D eigenvalue weighted by atomic mass is 32.2. The Labute approximate surface area is 110 Å². The van der Waals surface area contributed by atoms with E-state index in [4.69, 9.17) is 0 Å². The van der Waals surface area contributed by atoms with E-state index in [9.17, 15) is 14.7 Å². The third-order valence-corrected chi connectivity index (χ3v) is 4.23. The molecule has 1 fully saturated rings. The summed E-state index contributed by atoms with van der Waals surface area (Å²) < 4.78 is 0. The monoisotopic (exact) mass is 271 g/mol. The second-order valence-electron chi connectivity index (χ2n) is 4.52. The van der Waals surface area contributed by atoms with Crippen LogP contribution in [-0.4, -0.2) is 52.9 Å². The van der Waals surface area contributed by atoms with Crippen molar-refractivity contribution in [3.63, 3.8) is 0 Å². The number of hydrogen-bond donors (Lipinski definition) is 2. The van der Waals surface area contributed by atoms with Gasteiger partial charge in [-0.2, -0.15) is 0 Å². The fourth-order valence-electron chi connectivity index (χ4n) is 2.06. The van der Waals surface area contributed by atoms with Crippen molar-refractivity contribution in [2.24, 2.45) is 0 Å². The summed E-state index contributed by atoms with van der Waals surface area (Å²) >= 11 is 1.52. The number of carbonyl (C=O) groups is 2. The number of hydrazine groups is 1. The Morgan fingerprint density at radius 3 is 2.89 bits per heavy atom. The average Bonchev–Trinajstić information content (AvgIpc) is 2.57. The molecule has 0 spiro atoms. The summed E-state index contributed by atoms with van der Waals surface area (Å²) in [6.45, 7) is 0.794. The molecule has 1 saturated heterocycles. The van der Waals surface area contributed by atoms with Gasteiger partial charge in [-0.05, 0) is 12.8 Å². The number of aliphatic carboxylic acids is 1. The summed E-state index contributed by atoms with van der Waals surface area (Å²) in [7, 11) is 3.83. The fraction of sp³-hybridized carbons (Fsp3) is 0.636. The number of nitrogens with one attached hydrogen (secondary N) is 1. The zero-order valence-corrected chi connectivity index (χ0v) is 11.3. The van der Waals surface area contributed by atoms with Crippen molar-refractivity contribution in [3.05, 3.63) is 10.6 Å². The van der Waals surface area contributed by atoms with E-state index in [1.165, 1.54) is 16.7 Å². The van der Waals surface area contributed by atoms with Gasteiger partial charge in [-0.25, -0.2) is 4.79 Å². The zero-order chi connectivity index (χ0) is 13.3. The lowest BCUT2D eigenvalue weighted by atomic mass is 10.1. The lowest BCUT2D eigenvalue weighted by Crippen LogP contribution is -2.48. The van der Waals surface area contributed by atoms with Crippen LogP contribution in [0.5, 0.6) is 0 Å². The van der Waals surface area contributed by atoms with E-state index in [1.807, 2.05) is 19.1 Å². The molecule has 0 aliphatic carbocycles. The van der Waals surface area contributed by atoms with Crippen LogP contribution in [0.3, 0.4) is 0 Å². The molecule has 1 atom stereocenters. The molecule has 2 heterocycles. The Morgan fingerprint density at radius 2 is 2.33 bits per heavy atom. The topological polar surface area (TPSA) is 72.9 Å². The van der Waals surface area contributed by atoms with Gasteiger partial charge in [0.05, 0.1) is 11.8 Å². The molecule has 18 heavy (non-hydrogen) atoms. The van der Waals surface area contributed by atoms with E-state index in [0.29, 0.717) is 12.8 Å². The normalized spacial score (nSPS) is 22.5. The predicted molar refractivity (Wildman–Crippen MR) is 68.4 cm³/mol. The second-order valence-corrected chi connectivity index (χ2v) is 5.80. The van der Waals surface area contributed by atoms with Crippen molar-refractivity contribution in [2.75, 3.05) is 20.6 Å². The van der Waals surface area contributed by atoms with Crippen molar-refractivity contribution in [1.82, 2.24) is 15.3 Å². The first kappa shape index (κ1) is 13.4. The molecule has 100 valence electrons. The highest BCUT2D eigenvalue weighted by molar-refractivity contribution is 8.04. The quantitative estimate of drug-likeness (QED) is 0.415. The van der Waals surface area contributed by atoms with Gasteiger partial charge in [0.1, 0.15) is 5.70 Å². The first-order chi connectivity index (χ1) is 8.50. The molecule has 0 aromatic heterocycles. The van der Waals surface area contributed by atoms with Crippen LogP contribution in [0.4, 0.5) is 0 Å². The number of carboxylic acids is 1. The van der Waals surface area contributed by atoms with E-state index >= 15 is 0 Å². The van der Waals surface area contributed by atoms with Gasteiger partial charge in [0, 0.05) is 25.5 Å². The van der Waals surface area contributed by atoms with Gasteiger partial charge >= 0.3 is 5.97 Å². The smallest absolute Gasteiger partial charge is 0.353 e. The van der Waals surface area contributed by atoms with E-state index < -0.39 is 5.97 Å². The molecule has 0 aromatic rings. The molecule has 0 bridgehead atoms. The summed E-state index contributed by atoms with van der Waals surface area (Å²) in [4.78, 5) is 24.8. The number of allylic oxidation sites excluding steroid dienone is 1. The summed E-state index contributed by atoms with van der Waals surface area (Å²) in [5.41, 5.74) is 3.33. The van der Waals surface area contributed by atoms with E-state index in [2.05, 4.69) is 5.43 Å². The number of hydrogen-bond acceptors (Lipinski definition) is 5. The number of thioether (sulfide) groups is 1. The van der Waals surface area contributed by atoms with Gasteiger partial charge in [0.25, 0.3) is 0 Å². The molecule has 0 radical (unpaired) electrons. The van der Waals surface area contributed by atoms with Gasteiger partial charge in [0.2, 0.25) is 5.91 Å². The summed E-state index contributed by atoms with van der Waals surface area (Å²) in [5, 5.41) is 11.1. The van der Waals surface area contributed by atoms with Gasteiger partial charge in [0.15, 0.2) is 0 Å². The van der Waals surface area contributed by atoms with Crippen LogP contribution < -0.4 is 5.43 Å². The van der Waals surface area contributed by atoms with Crippen molar-refractivity contribution >= 4 is 23.6 Å². The maximum Gasteiger partial charge on any atom is 0.353 e. The van der Waals surface area contributed by atoms with E-state index in [1.54, 1.807) is 0 Å². The molecule has 0 unspecified atom stereocenters. The molecule has 0 aromatic carbocycles. The third-order valence-electron chi connectivity index (χ3n) is 2.90. The molecular formula is C11H17N3O3S. The molecule has 2 aliphatic rings. The Balaban J connectivity index is 1.94. The lowest BCUT2D eigenvalue weighted by Gasteiger charge is -2.33. The van der Waals surface area contributed by atoms with Crippen molar-refractivity contribution in [3.8, 4) is 0 Å². The lowest BCUT2D eigenvalue weighted by molar-refractivity contribution is -0.145. The number of rotatable bonds is 6. The highest BCUT2D eigenvalue weighted by Gasteiger charge is 2.47. The number of fused-ring (bicyclic) bond motifs is 1. The van der Waals surface area contributed by atoms with Crippen LogP contribution >= 0.6 is 11.8 Å². The minimum absolute atomic E-state index is 0.0282. The zero-order valence-electron chi connectivity index (χ0n) is 10.5. The fourth-order valence-corrected chi connectivity index (χ4v) is 3.50. The highest BCUT2D eigenvalue weighted by Crippen LogP contribution is 2.47. The van der Waals surface area contributed by atoms with Crippen LogP contribution in [0, 0.1) is 0 Å². The second kappa shape index (κ2) is 5.29. The van der Waals surface area contributed by atoms with Gasteiger partial charge in [-0.1, -0.05) is 0 Å². The van der Waals surface area contributed by atoms with Gasteiger partial charge in [-0.15, -0.1) is 11.8 Å². The van der Waals surface area contributed by atoms with Gasteiger partial charge < -0.3 is 5.11 Å². The summed E-state index contributed by atoms with van der Waals surface area (Å²) in [6.07, 6.45) is 2.01. The van der Waals surface area contributed by atoms with Crippen LogP contribution in [0.2, 0.25) is 0 Å². The number of carboxylic acid groups (broad SMARTS) is 1. The van der Waals surface area contributed by atoms with Crippen LogP contribution in [-0.2, 0) is 9.59 Å². The van der Waals surface area contributed by atoms with Crippen molar-refractivity contribution in [2.45, 2.75) is 24.6 Å². The number of nitrogens with zero attached hydrogens (tertiary/aromatic N) is 2. The van der Waals surface area contributed by atoms with Crippen molar-refractivity contribution < 1.29 is 14.7 Å². The Bertz CT molecular complexity index is 408. The molecule has 6 nitrogen and oxygen atoms in total. The standard InChI is InChI=1S/C11H17N3O3S/c1-13(2)12-5-3-4-7-10(11(16)17)14-8(15)6-9(14)18-7/h9,12H,3-6H2,1-2H3,(H,16,17)/t9-/m0/s1. The molecule has 2 aliphatic heterocycles. The maximum absolute atomic E-state index is 11.4. The van der Waals surface area contributed by atoms with E-state index in [0.717, 1.165) is 17.9 Å². The van der Waals surface area contributed by atoms with Crippen molar-refractivity contribution in [1.29, 1.82) is 0 Å². The van der Waals surface area contributed by atoms with Crippen LogP contribution in [0.1, 0.15) is 19.3 Å². The first-order valence-corrected chi connectivity index (χ1v) is 6.74. The predicted octanol–water partition coefficient (Wildman–Crippen LogP) is 0.434. The Kier molecular flexibility index (Phi) is 3.94. The van der Waals surface area contributed by atoms with Crippen LogP contribution in [0.15, 0.2) is 10.6 Å². The molecule has 2 rings (SSSR count). The van der Waals surface area contributed by atoms with Gasteiger partial charge in [-0.3, -0.25) is 20.1 Å². The first-order valence-electron chi connectivity index (χ1n) is 5.86. The third kappa shape index (κ3) is 2.52. The molecule has 2 N–H and O–H groups in total. The molecule has 7 heteroatoms. The maximum atomic E-state index is 11.4. The summed E-state index contributed by atoms with van der Waals surface area (Å²) in [6, 6.07) is 0. The SMILES string of the molecule is CN(C)NCCCC1=C(C(=O)O)N2C(=O)C[C@@H]2S1. The van der Waals surface area contributed by atoms with Crippen LogP contribution in [0.25, 0.3) is 0 Å². The Morgan fingerprint density at radius 1 is 1.61 bits per heavy atom. The number of amides is 1. The molecule has 1 amide bonds. The number of carbonyl (C=O) groups excluding carboxylic acids is 1. The molecule has 0 saturated carbocycles. The molecular weight excluding hydrogens is 254 g/mol. The largest absolute Gasteiger partial charge is 0.477 e. The number of β-lactam (4-membered cyclic amide) rings is 1. The minimum atomic E-state index is -0.992.